The number of hydrazone groups is 1. The average molecular weight is 315 g/mol. The van der Waals surface area contributed by atoms with Crippen molar-refractivity contribution < 1.29 is 22.8 Å². The first-order valence-electron chi connectivity index (χ1n) is 5.89. The Kier molecular flexibility index (Phi) is 3.60. The van der Waals surface area contributed by atoms with Gasteiger partial charge in [0.25, 0.3) is 5.91 Å². The SMILES string of the molecule is CN1N=C(c2ccc(S(C)(=O)=O)c(F)c2)C(C)(NO)C1=O. The minimum absolute atomic E-state index is 0.0939. The highest BCUT2D eigenvalue weighted by Gasteiger charge is 2.46. The molecule has 1 aliphatic rings. The molecule has 1 atom stereocenters. The summed E-state index contributed by atoms with van der Waals surface area (Å²) in [7, 11) is -2.29. The van der Waals surface area contributed by atoms with E-state index in [0.29, 0.717) is 0 Å². The van der Waals surface area contributed by atoms with Crippen LogP contribution in [0.1, 0.15) is 12.5 Å². The highest BCUT2D eigenvalue weighted by molar-refractivity contribution is 7.90. The zero-order chi connectivity index (χ0) is 16.0. The third-order valence-corrected chi connectivity index (χ3v) is 4.40. The summed E-state index contributed by atoms with van der Waals surface area (Å²) in [5.74, 6) is -1.47. The summed E-state index contributed by atoms with van der Waals surface area (Å²) < 4.78 is 36.7. The molecule has 0 saturated heterocycles. The number of carbonyl (C=O) groups excluding carboxylic acids is 1. The first-order chi connectivity index (χ1) is 9.61. The second-order valence-corrected chi connectivity index (χ2v) is 6.92. The van der Waals surface area contributed by atoms with Gasteiger partial charge in [0.1, 0.15) is 16.4 Å². The summed E-state index contributed by atoms with van der Waals surface area (Å²) in [6, 6.07) is 3.40. The molecule has 114 valence electrons. The molecule has 0 spiro atoms. The van der Waals surface area contributed by atoms with E-state index >= 15 is 0 Å². The summed E-state index contributed by atoms with van der Waals surface area (Å²) in [6.45, 7) is 1.39. The van der Waals surface area contributed by atoms with Gasteiger partial charge < -0.3 is 5.21 Å². The molecular formula is C12H14FN3O4S. The number of hydrogen-bond donors (Lipinski definition) is 2. The Hall–Kier alpha value is -1.84. The van der Waals surface area contributed by atoms with Gasteiger partial charge in [-0.1, -0.05) is 6.07 Å². The van der Waals surface area contributed by atoms with Crippen LogP contribution in [0.4, 0.5) is 4.39 Å². The van der Waals surface area contributed by atoms with Gasteiger partial charge in [-0.15, -0.1) is 0 Å². The van der Waals surface area contributed by atoms with E-state index in [2.05, 4.69) is 5.10 Å². The van der Waals surface area contributed by atoms with Crippen molar-refractivity contribution in [3.8, 4) is 0 Å². The summed E-state index contributed by atoms with van der Waals surface area (Å²) in [5.41, 5.74) is 0.641. The molecule has 1 aromatic carbocycles. The second-order valence-electron chi connectivity index (χ2n) is 4.93. The number of benzene rings is 1. The van der Waals surface area contributed by atoms with Crippen molar-refractivity contribution in [3.63, 3.8) is 0 Å². The molecule has 0 aliphatic carbocycles. The van der Waals surface area contributed by atoms with Crippen molar-refractivity contribution in [2.75, 3.05) is 13.3 Å². The minimum atomic E-state index is -3.69. The number of carbonyl (C=O) groups is 1. The maximum Gasteiger partial charge on any atom is 0.270 e. The number of halogens is 1. The zero-order valence-electron chi connectivity index (χ0n) is 11.6. The van der Waals surface area contributed by atoms with E-state index in [1.807, 2.05) is 5.48 Å². The van der Waals surface area contributed by atoms with Gasteiger partial charge in [0, 0.05) is 18.9 Å². The Morgan fingerprint density at radius 2 is 2.05 bits per heavy atom. The maximum atomic E-state index is 13.9. The van der Waals surface area contributed by atoms with Gasteiger partial charge in [-0.05, 0) is 19.1 Å². The fourth-order valence-electron chi connectivity index (χ4n) is 2.12. The molecule has 1 unspecified atom stereocenters. The van der Waals surface area contributed by atoms with E-state index in [1.54, 1.807) is 0 Å². The highest BCUT2D eigenvalue weighted by Crippen LogP contribution is 2.25. The van der Waals surface area contributed by atoms with Crippen molar-refractivity contribution in [3.05, 3.63) is 29.6 Å². The lowest BCUT2D eigenvalue weighted by Crippen LogP contribution is -2.53. The number of sulfone groups is 1. The molecule has 2 N–H and O–H groups in total. The molecule has 0 bridgehead atoms. The number of amides is 1. The smallest absolute Gasteiger partial charge is 0.270 e. The largest absolute Gasteiger partial charge is 0.315 e. The molecule has 0 fully saturated rings. The van der Waals surface area contributed by atoms with Crippen LogP contribution in [0.25, 0.3) is 0 Å². The monoisotopic (exact) mass is 315 g/mol. The number of rotatable bonds is 3. The standard InChI is InChI=1S/C12H14FN3O4S/c1-12(15-18)10(14-16(2)11(12)17)7-4-5-9(8(13)6-7)21(3,19)20/h4-6,15,18H,1-3H3. The molecule has 1 amide bonds. The molecule has 1 heterocycles. The second kappa shape index (κ2) is 4.86. The predicted octanol–water partition coefficient (Wildman–Crippen LogP) is 0.143. The first kappa shape index (κ1) is 15.5. The van der Waals surface area contributed by atoms with Crippen LogP contribution in [0.2, 0.25) is 0 Å². The molecule has 21 heavy (non-hydrogen) atoms. The van der Waals surface area contributed by atoms with Crippen molar-refractivity contribution in [2.45, 2.75) is 17.4 Å². The van der Waals surface area contributed by atoms with E-state index in [0.717, 1.165) is 23.4 Å². The van der Waals surface area contributed by atoms with Crippen LogP contribution >= 0.6 is 0 Å². The van der Waals surface area contributed by atoms with Crippen LogP contribution < -0.4 is 5.48 Å². The van der Waals surface area contributed by atoms with E-state index in [-0.39, 0.29) is 11.3 Å². The molecular weight excluding hydrogens is 301 g/mol. The summed E-state index contributed by atoms with van der Waals surface area (Å²) in [5, 5.41) is 14.2. The van der Waals surface area contributed by atoms with Gasteiger partial charge in [-0.2, -0.15) is 10.6 Å². The van der Waals surface area contributed by atoms with E-state index in [4.69, 9.17) is 0 Å². The van der Waals surface area contributed by atoms with Crippen molar-refractivity contribution in [1.82, 2.24) is 10.5 Å². The maximum absolute atomic E-state index is 13.9. The van der Waals surface area contributed by atoms with E-state index in [9.17, 15) is 22.8 Å². The summed E-state index contributed by atoms with van der Waals surface area (Å²) in [6.07, 6.45) is 0.898. The Morgan fingerprint density at radius 1 is 1.43 bits per heavy atom. The van der Waals surface area contributed by atoms with Gasteiger partial charge in [0.05, 0.1) is 0 Å². The summed E-state index contributed by atoms with van der Waals surface area (Å²) >= 11 is 0. The quantitative estimate of drug-likeness (QED) is 0.773. The van der Waals surface area contributed by atoms with Crippen LogP contribution in [-0.4, -0.2) is 49.1 Å². The lowest BCUT2D eigenvalue weighted by molar-refractivity contribution is -0.134. The normalized spacial score (nSPS) is 22.6. The molecule has 9 heteroatoms. The van der Waals surface area contributed by atoms with Crippen LogP contribution in [0.15, 0.2) is 28.2 Å². The topological polar surface area (TPSA) is 99.1 Å². The Labute approximate surface area is 120 Å². The number of nitrogens with one attached hydrogen (secondary N) is 1. The van der Waals surface area contributed by atoms with Crippen LogP contribution in [0, 0.1) is 5.82 Å². The minimum Gasteiger partial charge on any atom is -0.315 e. The molecule has 1 aliphatic heterocycles. The number of hydrogen-bond acceptors (Lipinski definition) is 6. The van der Waals surface area contributed by atoms with Gasteiger partial charge in [-0.3, -0.25) is 4.79 Å². The van der Waals surface area contributed by atoms with Crippen LogP contribution in [0.5, 0.6) is 0 Å². The van der Waals surface area contributed by atoms with E-state index < -0.39 is 32.0 Å². The number of nitrogens with zero attached hydrogens (tertiary/aromatic N) is 2. The Morgan fingerprint density at radius 3 is 2.52 bits per heavy atom. The Balaban J connectivity index is 2.56. The van der Waals surface area contributed by atoms with Crippen LogP contribution in [0.3, 0.4) is 0 Å². The van der Waals surface area contributed by atoms with Gasteiger partial charge in [0.15, 0.2) is 15.4 Å². The third kappa shape index (κ3) is 2.43. The van der Waals surface area contributed by atoms with Gasteiger partial charge in [0.2, 0.25) is 0 Å². The Bertz CT molecular complexity index is 747. The van der Waals surface area contributed by atoms with Gasteiger partial charge in [-0.25, -0.2) is 17.8 Å². The molecule has 1 aromatic rings. The molecule has 2 rings (SSSR count). The highest BCUT2D eigenvalue weighted by atomic mass is 32.2. The number of hydroxylamine groups is 1. The van der Waals surface area contributed by atoms with Crippen molar-refractivity contribution in [2.24, 2.45) is 5.10 Å². The fourth-order valence-corrected chi connectivity index (χ4v) is 2.84. The van der Waals surface area contributed by atoms with Crippen LogP contribution in [-0.2, 0) is 14.6 Å². The molecule has 0 saturated carbocycles. The van der Waals surface area contributed by atoms with Crippen molar-refractivity contribution in [1.29, 1.82) is 0 Å². The lowest BCUT2D eigenvalue weighted by atomic mass is 9.91. The number of likely N-dealkylation sites (N-methyl/N-ethyl adjacent to an activating group) is 1. The molecule has 0 radical (unpaired) electrons. The average Bonchev–Trinajstić information content (AvgIpc) is 2.62. The first-order valence-corrected chi connectivity index (χ1v) is 7.79. The lowest BCUT2D eigenvalue weighted by Gasteiger charge is -2.21. The zero-order valence-corrected chi connectivity index (χ0v) is 12.4. The fraction of sp³-hybridized carbons (Fsp3) is 0.333. The molecule has 0 aromatic heterocycles. The molecule has 7 nitrogen and oxygen atoms in total. The van der Waals surface area contributed by atoms with E-state index in [1.165, 1.54) is 20.0 Å². The predicted molar refractivity (Wildman–Crippen MR) is 72.1 cm³/mol. The van der Waals surface area contributed by atoms with Gasteiger partial charge >= 0.3 is 0 Å². The van der Waals surface area contributed by atoms with Crippen molar-refractivity contribution >= 4 is 21.5 Å². The summed E-state index contributed by atoms with van der Waals surface area (Å²) in [4.78, 5) is 11.5. The third-order valence-electron chi connectivity index (χ3n) is 3.27.